The number of benzene rings is 2. The summed E-state index contributed by atoms with van der Waals surface area (Å²) in [7, 11) is 3.17. The van der Waals surface area contributed by atoms with Crippen molar-refractivity contribution >= 4 is 29.2 Å². The van der Waals surface area contributed by atoms with Crippen molar-refractivity contribution in [3.8, 4) is 11.5 Å². The molecule has 1 fully saturated rings. The van der Waals surface area contributed by atoms with Crippen LogP contribution in [0.1, 0.15) is 5.56 Å². The molecule has 7 nitrogen and oxygen atoms in total. The molecule has 0 saturated carbocycles. The zero-order valence-corrected chi connectivity index (χ0v) is 18.9. The highest BCUT2D eigenvalue weighted by atomic mass is 16.5. The Hall–Kier alpha value is -4.00. The molecule has 0 bridgehead atoms. The molecule has 7 heteroatoms. The second-order valence-corrected chi connectivity index (χ2v) is 7.65. The van der Waals surface area contributed by atoms with E-state index in [2.05, 4.69) is 44.4 Å². The van der Waals surface area contributed by atoms with Crippen LogP contribution in [0.2, 0.25) is 0 Å². The number of hydrogen-bond donors (Lipinski definition) is 1. The zero-order valence-electron chi connectivity index (χ0n) is 18.9. The van der Waals surface area contributed by atoms with Gasteiger partial charge >= 0.3 is 0 Å². The Labute approximate surface area is 194 Å². The number of ether oxygens (including phenoxy) is 2. The number of nitrogens with one attached hydrogen (secondary N) is 1. The molecular weight excluding hydrogens is 416 g/mol. The number of nitrogens with zero attached hydrogens (tertiary/aromatic N) is 3. The van der Waals surface area contributed by atoms with Crippen molar-refractivity contribution < 1.29 is 14.3 Å². The van der Waals surface area contributed by atoms with Gasteiger partial charge in [0.2, 0.25) is 5.91 Å². The predicted molar refractivity (Wildman–Crippen MR) is 132 cm³/mol. The molecule has 1 saturated heterocycles. The third-order valence-corrected chi connectivity index (χ3v) is 5.58. The number of aromatic nitrogens is 1. The van der Waals surface area contributed by atoms with Crippen LogP contribution in [0.3, 0.4) is 0 Å². The Morgan fingerprint density at radius 1 is 0.909 bits per heavy atom. The standard InChI is InChI=1S/C26H28N4O3/c1-32-23-11-8-20(18-24(23)33-2)9-13-26(31)28-21-10-12-25(27-19-21)30-16-14-29(15-17-30)22-6-4-3-5-7-22/h3-13,18-19H,14-17H2,1-2H3,(H,28,31)/b13-9+. The summed E-state index contributed by atoms with van der Waals surface area (Å²) >= 11 is 0. The lowest BCUT2D eigenvalue weighted by atomic mass is 10.2. The van der Waals surface area contributed by atoms with E-state index >= 15 is 0 Å². The minimum atomic E-state index is -0.226. The first kappa shape index (κ1) is 22.2. The Balaban J connectivity index is 1.30. The highest BCUT2D eigenvalue weighted by molar-refractivity contribution is 6.01. The lowest BCUT2D eigenvalue weighted by molar-refractivity contribution is -0.111. The average molecular weight is 445 g/mol. The van der Waals surface area contributed by atoms with Crippen LogP contribution in [0.25, 0.3) is 6.08 Å². The van der Waals surface area contributed by atoms with Crippen molar-refractivity contribution in [3.05, 3.63) is 78.5 Å². The summed E-state index contributed by atoms with van der Waals surface area (Å²) in [5.74, 6) is 1.95. The number of para-hydroxylation sites is 1. The van der Waals surface area contributed by atoms with Gasteiger partial charge in [-0.3, -0.25) is 4.79 Å². The van der Waals surface area contributed by atoms with Gasteiger partial charge in [-0.05, 0) is 48.0 Å². The Morgan fingerprint density at radius 2 is 1.64 bits per heavy atom. The highest BCUT2D eigenvalue weighted by Gasteiger charge is 2.18. The van der Waals surface area contributed by atoms with Gasteiger partial charge in [-0.15, -0.1) is 0 Å². The average Bonchev–Trinajstić information content (AvgIpc) is 2.88. The van der Waals surface area contributed by atoms with Gasteiger partial charge in [-0.25, -0.2) is 4.98 Å². The molecule has 4 rings (SSSR count). The molecule has 0 unspecified atom stereocenters. The van der Waals surface area contributed by atoms with Crippen LogP contribution in [0.15, 0.2) is 72.9 Å². The number of anilines is 3. The molecule has 3 aromatic rings. The maximum Gasteiger partial charge on any atom is 0.248 e. The molecule has 1 aliphatic rings. The molecule has 33 heavy (non-hydrogen) atoms. The van der Waals surface area contributed by atoms with Gasteiger partial charge in [-0.1, -0.05) is 24.3 Å². The second-order valence-electron chi connectivity index (χ2n) is 7.65. The van der Waals surface area contributed by atoms with Crippen molar-refractivity contribution in [2.75, 3.05) is 55.5 Å². The number of amides is 1. The molecule has 2 aromatic carbocycles. The molecule has 1 N–H and O–H groups in total. The van der Waals surface area contributed by atoms with Crippen LogP contribution in [0, 0.1) is 0 Å². The number of carbonyl (C=O) groups excluding carboxylic acids is 1. The summed E-state index contributed by atoms with van der Waals surface area (Å²) in [6.45, 7) is 3.71. The van der Waals surface area contributed by atoms with Crippen LogP contribution in [0.4, 0.5) is 17.2 Å². The highest BCUT2D eigenvalue weighted by Crippen LogP contribution is 2.28. The van der Waals surface area contributed by atoms with Crippen molar-refractivity contribution in [2.24, 2.45) is 0 Å². The molecular formula is C26H28N4O3. The molecule has 2 heterocycles. The summed E-state index contributed by atoms with van der Waals surface area (Å²) in [5, 5.41) is 2.85. The first-order valence-electron chi connectivity index (χ1n) is 10.9. The van der Waals surface area contributed by atoms with Crippen molar-refractivity contribution in [2.45, 2.75) is 0 Å². The molecule has 0 radical (unpaired) electrons. The van der Waals surface area contributed by atoms with E-state index in [9.17, 15) is 4.79 Å². The molecule has 170 valence electrons. The predicted octanol–water partition coefficient (Wildman–Crippen LogP) is 4.08. The number of piperazine rings is 1. The molecule has 1 aromatic heterocycles. The summed E-state index contributed by atoms with van der Waals surface area (Å²) in [4.78, 5) is 21.5. The van der Waals surface area contributed by atoms with Crippen LogP contribution in [-0.4, -0.2) is 51.3 Å². The van der Waals surface area contributed by atoms with Gasteiger partial charge in [0.05, 0.1) is 26.1 Å². The SMILES string of the molecule is COc1ccc(/C=C/C(=O)Nc2ccc(N3CCN(c4ccccc4)CC3)nc2)cc1OC. The van der Waals surface area contributed by atoms with Crippen molar-refractivity contribution in [3.63, 3.8) is 0 Å². The maximum absolute atomic E-state index is 12.3. The van der Waals surface area contributed by atoms with Crippen molar-refractivity contribution in [1.82, 2.24) is 4.98 Å². The smallest absolute Gasteiger partial charge is 0.248 e. The van der Waals surface area contributed by atoms with E-state index in [1.165, 1.54) is 11.8 Å². The summed E-state index contributed by atoms with van der Waals surface area (Å²) in [5.41, 5.74) is 2.75. The molecule has 0 atom stereocenters. The number of rotatable bonds is 7. The molecule has 0 spiro atoms. The normalized spacial score (nSPS) is 13.8. The van der Waals surface area contributed by atoms with Gasteiger partial charge in [0, 0.05) is 37.9 Å². The van der Waals surface area contributed by atoms with Gasteiger partial charge < -0.3 is 24.6 Å². The number of pyridine rings is 1. The van der Waals surface area contributed by atoms with E-state index in [1.807, 2.05) is 30.3 Å². The summed E-state index contributed by atoms with van der Waals surface area (Å²) < 4.78 is 10.5. The van der Waals surface area contributed by atoms with Crippen LogP contribution in [-0.2, 0) is 4.79 Å². The fourth-order valence-electron chi connectivity index (χ4n) is 3.79. The van der Waals surface area contributed by atoms with E-state index in [-0.39, 0.29) is 5.91 Å². The largest absolute Gasteiger partial charge is 0.493 e. The topological polar surface area (TPSA) is 66.9 Å². The lowest BCUT2D eigenvalue weighted by Crippen LogP contribution is -2.46. The minimum absolute atomic E-state index is 0.226. The van der Waals surface area contributed by atoms with Gasteiger partial charge in [-0.2, -0.15) is 0 Å². The van der Waals surface area contributed by atoms with Crippen LogP contribution in [0.5, 0.6) is 11.5 Å². The molecule has 0 aliphatic carbocycles. The minimum Gasteiger partial charge on any atom is -0.493 e. The van der Waals surface area contributed by atoms with E-state index in [4.69, 9.17) is 9.47 Å². The molecule has 1 amide bonds. The first-order valence-corrected chi connectivity index (χ1v) is 10.9. The second kappa shape index (κ2) is 10.5. The quantitative estimate of drug-likeness (QED) is 0.554. The van der Waals surface area contributed by atoms with E-state index < -0.39 is 0 Å². The lowest BCUT2D eigenvalue weighted by Gasteiger charge is -2.36. The Morgan fingerprint density at radius 3 is 2.30 bits per heavy atom. The fourth-order valence-corrected chi connectivity index (χ4v) is 3.79. The number of carbonyl (C=O) groups is 1. The van der Waals surface area contributed by atoms with Gasteiger partial charge in [0.1, 0.15) is 5.82 Å². The summed E-state index contributed by atoms with van der Waals surface area (Å²) in [6.07, 6.45) is 4.91. The number of hydrogen-bond acceptors (Lipinski definition) is 6. The number of methoxy groups -OCH3 is 2. The first-order chi connectivity index (χ1) is 16.2. The fraction of sp³-hybridized carbons (Fsp3) is 0.231. The molecule has 1 aliphatic heterocycles. The van der Waals surface area contributed by atoms with E-state index in [0.717, 1.165) is 37.6 Å². The van der Waals surface area contributed by atoms with Gasteiger partial charge in [0.25, 0.3) is 0 Å². The third kappa shape index (κ3) is 5.63. The van der Waals surface area contributed by atoms with Crippen LogP contribution >= 0.6 is 0 Å². The van der Waals surface area contributed by atoms with Crippen molar-refractivity contribution in [1.29, 1.82) is 0 Å². The van der Waals surface area contributed by atoms with Gasteiger partial charge in [0.15, 0.2) is 11.5 Å². The third-order valence-electron chi connectivity index (χ3n) is 5.58. The zero-order chi connectivity index (χ0) is 23.0. The Bertz CT molecular complexity index is 1090. The van der Waals surface area contributed by atoms with Crippen LogP contribution < -0.4 is 24.6 Å². The van der Waals surface area contributed by atoms with E-state index in [1.54, 1.807) is 32.6 Å². The maximum atomic E-state index is 12.3. The monoisotopic (exact) mass is 444 g/mol. The van der Waals surface area contributed by atoms with E-state index in [0.29, 0.717) is 17.2 Å². The summed E-state index contributed by atoms with van der Waals surface area (Å²) in [6, 6.07) is 19.8. The Kier molecular flexibility index (Phi) is 7.09.